The van der Waals surface area contributed by atoms with Crippen LogP contribution in [0.3, 0.4) is 0 Å². The Labute approximate surface area is 167 Å². The first-order valence-corrected chi connectivity index (χ1v) is 12.0. The zero-order chi connectivity index (χ0) is 19.3. The van der Waals surface area contributed by atoms with Gasteiger partial charge in [0, 0.05) is 0 Å². The Morgan fingerprint density at radius 1 is 0.615 bits per heavy atom. The van der Waals surface area contributed by atoms with Crippen molar-refractivity contribution in [2.75, 3.05) is 0 Å². The molecule has 0 aromatic carbocycles. The first-order valence-electron chi connectivity index (χ1n) is 12.0. The fraction of sp³-hybridized carbons (Fsp3) is 0.846. The summed E-state index contributed by atoms with van der Waals surface area (Å²) in [5, 5.41) is 0. The predicted octanol–water partition coefficient (Wildman–Crippen LogP) is 9.50. The highest BCUT2D eigenvalue weighted by Crippen LogP contribution is 2.27. The molecule has 0 amide bonds. The molecule has 0 aliphatic heterocycles. The Bertz CT molecular complexity index is 278. The quantitative estimate of drug-likeness (QED) is 0.149. The molecule has 0 heterocycles. The summed E-state index contributed by atoms with van der Waals surface area (Å²) in [6, 6.07) is 0. The van der Waals surface area contributed by atoms with E-state index in [1.165, 1.54) is 103 Å². The van der Waals surface area contributed by atoms with E-state index in [0.29, 0.717) is 0 Å². The van der Waals surface area contributed by atoms with E-state index in [2.05, 4.69) is 39.8 Å². The number of hydrogen-bond donors (Lipinski definition) is 0. The predicted molar refractivity (Wildman–Crippen MR) is 121 cm³/mol. The van der Waals surface area contributed by atoms with Crippen LogP contribution >= 0.6 is 0 Å². The van der Waals surface area contributed by atoms with Crippen LogP contribution in [0.25, 0.3) is 0 Å². The lowest BCUT2D eigenvalue weighted by molar-refractivity contribution is 0.288. The minimum Gasteiger partial charge on any atom is -0.0885 e. The summed E-state index contributed by atoms with van der Waals surface area (Å²) >= 11 is 0. The van der Waals surface area contributed by atoms with Gasteiger partial charge in [-0.3, -0.25) is 0 Å². The highest BCUT2D eigenvalue weighted by atomic mass is 14.2. The Balaban J connectivity index is 3.61. The van der Waals surface area contributed by atoms with E-state index < -0.39 is 0 Å². The minimum absolute atomic E-state index is 0.911. The zero-order valence-corrected chi connectivity index (χ0v) is 18.5. The van der Waals surface area contributed by atoms with E-state index in [1.54, 1.807) is 0 Å². The summed E-state index contributed by atoms with van der Waals surface area (Å²) in [6.45, 7) is 12.7. The van der Waals surface area contributed by atoms with Crippen LogP contribution in [-0.4, -0.2) is 0 Å². The molecule has 0 saturated carbocycles. The lowest BCUT2D eigenvalue weighted by Crippen LogP contribution is -2.11. The third-order valence-electron chi connectivity index (χ3n) is 6.01. The molecular formula is C26H50. The van der Waals surface area contributed by atoms with Gasteiger partial charge in [-0.25, -0.2) is 0 Å². The maximum absolute atomic E-state index is 3.95. The van der Waals surface area contributed by atoms with Gasteiger partial charge in [-0.2, -0.15) is 0 Å². The molecule has 0 heteroatoms. The van der Waals surface area contributed by atoms with Crippen molar-refractivity contribution in [2.24, 2.45) is 11.8 Å². The molecule has 0 rings (SSSR count). The van der Waals surface area contributed by atoms with Crippen molar-refractivity contribution in [3.63, 3.8) is 0 Å². The molecule has 0 saturated heterocycles. The van der Waals surface area contributed by atoms with Crippen molar-refractivity contribution in [1.82, 2.24) is 0 Å². The summed E-state index contributed by atoms with van der Waals surface area (Å²) in [5.74, 6) is 1.88. The second-order valence-electron chi connectivity index (χ2n) is 8.37. The van der Waals surface area contributed by atoms with Crippen molar-refractivity contribution in [1.29, 1.82) is 0 Å². The molecule has 2 atom stereocenters. The summed E-state index contributed by atoms with van der Waals surface area (Å²) in [5.41, 5.74) is 0. The average molecular weight is 363 g/mol. The molecular weight excluding hydrogens is 312 g/mol. The van der Waals surface area contributed by atoms with Crippen LogP contribution in [0.1, 0.15) is 129 Å². The lowest BCUT2D eigenvalue weighted by atomic mass is 9.83. The normalized spacial score (nSPS) is 14.2. The van der Waals surface area contributed by atoms with Crippen LogP contribution in [0.15, 0.2) is 12.2 Å². The molecule has 0 aromatic heterocycles. The summed E-state index contributed by atoms with van der Waals surface area (Å²) < 4.78 is 0. The first-order chi connectivity index (χ1) is 12.8. The van der Waals surface area contributed by atoms with Crippen LogP contribution in [0, 0.1) is 25.7 Å². The van der Waals surface area contributed by atoms with Crippen LogP contribution in [-0.2, 0) is 0 Å². The Kier molecular flexibility index (Phi) is 20.8. The second-order valence-corrected chi connectivity index (χ2v) is 8.37. The summed E-state index contributed by atoms with van der Waals surface area (Å²) in [4.78, 5) is 0. The standard InChI is InChI=1S/C26H50/c1-5-8-10-12-13-14-15-16-17-18-20-22-24-26(25(4)7-3)23-21-19-11-9-6-2/h14-15,25-26H,1-2,5-13,16-24H2,3-4H3. The van der Waals surface area contributed by atoms with Crippen molar-refractivity contribution in [3.8, 4) is 0 Å². The molecule has 0 nitrogen and oxygen atoms in total. The van der Waals surface area contributed by atoms with Crippen molar-refractivity contribution in [3.05, 3.63) is 26.0 Å². The average Bonchev–Trinajstić information content (AvgIpc) is 2.66. The monoisotopic (exact) mass is 362 g/mol. The van der Waals surface area contributed by atoms with E-state index in [-0.39, 0.29) is 0 Å². The lowest BCUT2D eigenvalue weighted by Gasteiger charge is -2.23. The number of hydrogen-bond acceptors (Lipinski definition) is 0. The first kappa shape index (κ1) is 25.7. The topological polar surface area (TPSA) is 0 Å². The third kappa shape index (κ3) is 17.2. The molecule has 0 fully saturated rings. The Morgan fingerprint density at radius 2 is 1.04 bits per heavy atom. The summed E-state index contributed by atoms with van der Waals surface area (Å²) in [6.07, 6.45) is 29.1. The Hall–Kier alpha value is -0.260. The van der Waals surface area contributed by atoms with E-state index in [4.69, 9.17) is 0 Å². The van der Waals surface area contributed by atoms with Gasteiger partial charge < -0.3 is 0 Å². The van der Waals surface area contributed by atoms with Gasteiger partial charge in [0.05, 0.1) is 0 Å². The van der Waals surface area contributed by atoms with Crippen molar-refractivity contribution in [2.45, 2.75) is 129 Å². The molecule has 2 radical (unpaired) electrons. The highest BCUT2D eigenvalue weighted by Gasteiger charge is 2.14. The van der Waals surface area contributed by atoms with Crippen molar-refractivity contribution >= 4 is 0 Å². The maximum Gasteiger partial charge on any atom is -0.0351 e. The van der Waals surface area contributed by atoms with Gasteiger partial charge in [-0.05, 0) is 37.5 Å². The van der Waals surface area contributed by atoms with E-state index in [1.807, 2.05) is 0 Å². The minimum atomic E-state index is 0.911. The Morgan fingerprint density at radius 3 is 1.50 bits per heavy atom. The SMILES string of the molecule is [CH2]CCCCCC=CCCCCCCC(CCCCCC[CH2])C(C)CC. The summed E-state index contributed by atoms with van der Waals surface area (Å²) in [7, 11) is 0. The molecule has 0 N–H and O–H groups in total. The third-order valence-corrected chi connectivity index (χ3v) is 6.01. The zero-order valence-electron chi connectivity index (χ0n) is 18.5. The van der Waals surface area contributed by atoms with E-state index >= 15 is 0 Å². The smallest absolute Gasteiger partial charge is 0.0351 e. The number of allylic oxidation sites excluding steroid dienone is 2. The maximum atomic E-state index is 3.95. The molecule has 0 aliphatic rings. The molecule has 26 heavy (non-hydrogen) atoms. The van der Waals surface area contributed by atoms with Gasteiger partial charge >= 0.3 is 0 Å². The molecule has 154 valence electrons. The van der Waals surface area contributed by atoms with Crippen molar-refractivity contribution < 1.29 is 0 Å². The van der Waals surface area contributed by atoms with E-state index in [9.17, 15) is 0 Å². The molecule has 0 spiro atoms. The fourth-order valence-electron chi connectivity index (χ4n) is 3.86. The highest BCUT2D eigenvalue weighted by molar-refractivity contribution is 4.81. The fourth-order valence-corrected chi connectivity index (χ4v) is 3.86. The van der Waals surface area contributed by atoms with Gasteiger partial charge in [0.2, 0.25) is 0 Å². The molecule has 2 unspecified atom stereocenters. The van der Waals surface area contributed by atoms with Crippen LogP contribution in [0.5, 0.6) is 0 Å². The van der Waals surface area contributed by atoms with E-state index in [0.717, 1.165) is 24.7 Å². The van der Waals surface area contributed by atoms with Crippen LogP contribution < -0.4 is 0 Å². The van der Waals surface area contributed by atoms with Gasteiger partial charge in [0.15, 0.2) is 0 Å². The number of rotatable bonds is 20. The molecule has 0 aliphatic carbocycles. The van der Waals surface area contributed by atoms with Gasteiger partial charge in [0.25, 0.3) is 0 Å². The number of unbranched alkanes of at least 4 members (excludes halogenated alkanes) is 12. The van der Waals surface area contributed by atoms with Gasteiger partial charge in [-0.15, -0.1) is 0 Å². The van der Waals surface area contributed by atoms with Gasteiger partial charge in [0.1, 0.15) is 0 Å². The van der Waals surface area contributed by atoms with Gasteiger partial charge in [-0.1, -0.05) is 130 Å². The largest absolute Gasteiger partial charge is 0.0885 e. The molecule has 0 bridgehead atoms. The molecule has 0 aromatic rings. The van der Waals surface area contributed by atoms with Crippen LogP contribution in [0.4, 0.5) is 0 Å². The second kappa shape index (κ2) is 21.0. The van der Waals surface area contributed by atoms with Crippen LogP contribution in [0.2, 0.25) is 0 Å².